The van der Waals surface area contributed by atoms with Crippen molar-refractivity contribution in [1.82, 2.24) is 19.7 Å². The Bertz CT molecular complexity index is 1170. The van der Waals surface area contributed by atoms with E-state index in [0.29, 0.717) is 23.4 Å². The molecule has 2 aromatic heterocycles. The van der Waals surface area contributed by atoms with Crippen LogP contribution in [-0.4, -0.2) is 37.0 Å². The van der Waals surface area contributed by atoms with Crippen LogP contribution < -0.4 is 15.0 Å². The molecule has 3 aromatic rings. The van der Waals surface area contributed by atoms with Crippen LogP contribution in [0.5, 0.6) is 5.75 Å². The summed E-state index contributed by atoms with van der Waals surface area (Å²) in [5.41, 5.74) is 1.68. The summed E-state index contributed by atoms with van der Waals surface area (Å²) in [6.07, 6.45) is 3.24. The van der Waals surface area contributed by atoms with Crippen LogP contribution in [-0.2, 0) is 16.4 Å². The summed E-state index contributed by atoms with van der Waals surface area (Å²) in [6, 6.07) is 6.29. The smallest absolute Gasteiger partial charge is 0.277 e. The van der Waals surface area contributed by atoms with Gasteiger partial charge in [-0.25, -0.2) is 23.1 Å². The van der Waals surface area contributed by atoms with Gasteiger partial charge in [0.05, 0.1) is 17.1 Å². The molecule has 9 heteroatoms. The molecule has 0 radical (unpaired) electrons. The number of nitrogens with zero attached hydrogens (tertiary/aromatic N) is 2. The zero-order chi connectivity index (χ0) is 20.3. The van der Waals surface area contributed by atoms with E-state index in [2.05, 4.69) is 19.7 Å². The highest BCUT2D eigenvalue weighted by Crippen LogP contribution is 2.31. The number of hydrogen-bond acceptors (Lipinski definition) is 6. The number of aromatic nitrogens is 3. The van der Waals surface area contributed by atoms with Gasteiger partial charge in [-0.15, -0.1) is 0 Å². The first-order chi connectivity index (χ1) is 13.4. The molecule has 0 saturated carbocycles. The van der Waals surface area contributed by atoms with Crippen LogP contribution in [0.2, 0.25) is 0 Å². The van der Waals surface area contributed by atoms with E-state index in [4.69, 9.17) is 4.74 Å². The van der Waals surface area contributed by atoms with Crippen molar-refractivity contribution in [3.8, 4) is 17.1 Å². The molecule has 148 valence electrons. The summed E-state index contributed by atoms with van der Waals surface area (Å²) in [5.74, 6) is 0.667. The van der Waals surface area contributed by atoms with Crippen LogP contribution in [0.25, 0.3) is 22.4 Å². The molecule has 1 aromatic carbocycles. The third-order valence-corrected chi connectivity index (χ3v) is 5.69. The summed E-state index contributed by atoms with van der Waals surface area (Å²) in [6.45, 7) is 4.24. The van der Waals surface area contributed by atoms with Crippen molar-refractivity contribution >= 4 is 21.1 Å². The van der Waals surface area contributed by atoms with Gasteiger partial charge in [0, 0.05) is 6.20 Å². The van der Waals surface area contributed by atoms with Gasteiger partial charge in [0.15, 0.2) is 5.52 Å². The van der Waals surface area contributed by atoms with Gasteiger partial charge in [0.2, 0.25) is 10.0 Å². The van der Waals surface area contributed by atoms with Gasteiger partial charge in [-0.3, -0.25) is 4.79 Å². The first-order valence-electron chi connectivity index (χ1n) is 9.00. The largest absolute Gasteiger partial charge is 0.493 e. The summed E-state index contributed by atoms with van der Waals surface area (Å²) < 4.78 is 32.3. The molecule has 0 saturated heterocycles. The third-order valence-electron chi connectivity index (χ3n) is 4.28. The third kappa shape index (κ3) is 3.76. The Morgan fingerprint density at radius 2 is 1.96 bits per heavy atom. The van der Waals surface area contributed by atoms with Crippen LogP contribution in [0.3, 0.4) is 0 Å². The standard InChI is InChI=1S/C19H22N4O4S/c1-4-6-12-9-10-21-17-16(12)22-18(23-19(17)24)14-11-13(28(25,26)20-3)7-8-15(14)27-5-2/h7-11,20H,4-6H2,1-3H3,(H,22,23,24). The second kappa shape index (κ2) is 8.07. The van der Waals surface area contributed by atoms with E-state index in [1.165, 1.54) is 19.2 Å². The molecule has 0 spiro atoms. The van der Waals surface area contributed by atoms with Crippen molar-refractivity contribution in [2.45, 2.75) is 31.6 Å². The van der Waals surface area contributed by atoms with E-state index in [1.807, 2.05) is 19.9 Å². The first-order valence-corrected chi connectivity index (χ1v) is 10.5. The van der Waals surface area contributed by atoms with Crippen LogP contribution in [0.15, 0.2) is 40.2 Å². The van der Waals surface area contributed by atoms with Crippen LogP contribution >= 0.6 is 0 Å². The minimum absolute atomic E-state index is 0.0520. The molecular weight excluding hydrogens is 380 g/mol. The second-order valence-electron chi connectivity index (χ2n) is 6.13. The molecule has 2 heterocycles. The van der Waals surface area contributed by atoms with E-state index in [9.17, 15) is 13.2 Å². The number of ether oxygens (including phenoxy) is 1. The molecule has 0 aliphatic carbocycles. The SMILES string of the molecule is CCCc1ccnc2c(=O)[nH]c(-c3cc(S(=O)(=O)NC)ccc3OCC)nc12. The van der Waals surface area contributed by atoms with E-state index in [1.54, 1.807) is 12.3 Å². The molecule has 0 fully saturated rings. The average Bonchev–Trinajstić information content (AvgIpc) is 2.69. The fourth-order valence-electron chi connectivity index (χ4n) is 2.95. The van der Waals surface area contributed by atoms with Gasteiger partial charge in [-0.1, -0.05) is 13.3 Å². The van der Waals surface area contributed by atoms with Gasteiger partial charge >= 0.3 is 0 Å². The number of fused-ring (bicyclic) bond motifs is 1. The number of aryl methyl sites for hydroxylation is 1. The van der Waals surface area contributed by atoms with Gasteiger partial charge in [0.1, 0.15) is 17.1 Å². The fraction of sp³-hybridized carbons (Fsp3) is 0.316. The molecule has 0 amide bonds. The lowest BCUT2D eigenvalue weighted by molar-refractivity contribution is 0.341. The van der Waals surface area contributed by atoms with Crippen molar-refractivity contribution in [3.63, 3.8) is 0 Å². The molecule has 0 aliphatic rings. The van der Waals surface area contributed by atoms with E-state index in [-0.39, 0.29) is 21.8 Å². The van der Waals surface area contributed by atoms with E-state index < -0.39 is 10.0 Å². The maximum Gasteiger partial charge on any atom is 0.277 e. The molecular formula is C19H22N4O4S. The first kappa shape index (κ1) is 20.0. The summed E-state index contributed by atoms with van der Waals surface area (Å²) in [4.78, 5) is 24.1. The number of aromatic amines is 1. The Labute approximate surface area is 163 Å². The topological polar surface area (TPSA) is 114 Å². The van der Waals surface area contributed by atoms with Gasteiger partial charge in [-0.2, -0.15) is 0 Å². The molecule has 0 bridgehead atoms. The lowest BCUT2D eigenvalue weighted by Gasteiger charge is -2.13. The number of rotatable bonds is 7. The van der Waals surface area contributed by atoms with Crippen molar-refractivity contribution in [1.29, 1.82) is 0 Å². The molecule has 0 atom stereocenters. The molecule has 28 heavy (non-hydrogen) atoms. The molecule has 3 rings (SSSR count). The quantitative estimate of drug-likeness (QED) is 0.626. The Kier molecular flexibility index (Phi) is 5.76. The minimum Gasteiger partial charge on any atom is -0.493 e. The van der Waals surface area contributed by atoms with Gasteiger partial charge in [-0.05, 0) is 50.2 Å². The number of sulfonamides is 1. The van der Waals surface area contributed by atoms with E-state index in [0.717, 1.165) is 18.4 Å². The molecule has 0 aliphatic heterocycles. The predicted octanol–water partition coefficient (Wildman–Crippen LogP) is 2.24. The number of nitrogens with one attached hydrogen (secondary N) is 2. The normalized spacial score (nSPS) is 11.7. The van der Waals surface area contributed by atoms with Gasteiger partial charge < -0.3 is 9.72 Å². The monoisotopic (exact) mass is 402 g/mol. The van der Waals surface area contributed by atoms with Crippen LogP contribution in [0.1, 0.15) is 25.8 Å². The average molecular weight is 402 g/mol. The van der Waals surface area contributed by atoms with Crippen molar-refractivity contribution in [2.75, 3.05) is 13.7 Å². The lowest BCUT2D eigenvalue weighted by atomic mass is 10.1. The Morgan fingerprint density at radius 1 is 1.18 bits per heavy atom. The van der Waals surface area contributed by atoms with Gasteiger partial charge in [0.25, 0.3) is 5.56 Å². The second-order valence-corrected chi connectivity index (χ2v) is 8.02. The fourth-order valence-corrected chi connectivity index (χ4v) is 3.71. The zero-order valence-corrected chi connectivity index (χ0v) is 16.8. The highest BCUT2D eigenvalue weighted by molar-refractivity contribution is 7.89. The molecule has 8 nitrogen and oxygen atoms in total. The number of pyridine rings is 1. The summed E-state index contributed by atoms with van der Waals surface area (Å²) in [5, 5.41) is 0. The maximum atomic E-state index is 12.6. The summed E-state index contributed by atoms with van der Waals surface area (Å²) >= 11 is 0. The number of H-pyrrole nitrogens is 1. The summed E-state index contributed by atoms with van der Waals surface area (Å²) in [7, 11) is -2.33. The number of benzene rings is 1. The van der Waals surface area contributed by atoms with Crippen LogP contribution in [0.4, 0.5) is 0 Å². The predicted molar refractivity (Wildman–Crippen MR) is 107 cm³/mol. The Morgan fingerprint density at radius 3 is 2.64 bits per heavy atom. The van der Waals surface area contributed by atoms with Crippen LogP contribution in [0, 0.1) is 0 Å². The zero-order valence-electron chi connectivity index (χ0n) is 15.9. The minimum atomic E-state index is -3.67. The molecule has 2 N–H and O–H groups in total. The van der Waals surface area contributed by atoms with Crippen molar-refractivity contribution < 1.29 is 13.2 Å². The molecule has 0 unspecified atom stereocenters. The highest BCUT2D eigenvalue weighted by Gasteiger charge is 2.18. The lowest BCUT2D eigenvalue weighted by Crippen LogP contribution is -2.19. The highest BCUT2D eigenvalue weighted by atomic mass is 32.2. The Balaban J connectivity index is 2.30. The maximum absolute atomic E-state index is 12.6. The van der Waals surface area contributed by atoms with Crippen molar-refractivity contribution in [3.05, 3.63) is 46.4 Å². The van der Waals surface area contributed by atoms with Crippen molar-refractivity contribution in [2.24, 2.45) is 0 Å². The number of hydrogen-bond donors (Lipinski definition) is 2. The van der Waals surface area contributed by atoms with E-state index >= 15 is 0 Å². The Hall–Kier alpha value is -2.78.